The van der Waals surface area contributed by atoms with Crippen molar-refractivity contribution in [3.05, 3.63) is 35.9 Å². The number of nitrogens with zero attached hydrogens (tertiary/aromatic N) is 3. The Balaban J connectivity index is 1.75. The Morgan fingerprint density at radius 2 is 1.75 bits per heavy atom. The van der Waals surface area contributed by atoms with Crippen molar-refractivity contribution in [1.82, 2.24) is 14.7 Å². The van der Waals surface area contributed by atoms with Crippen molar-refractivity contribution in [3.63, 3.8) is 0 Å². The first kappa shape index (κ1) is 17.9. The van der Waals surface area contributed by atoms with Gasteiger partial charge in [-0.25, -0.2) is 0 Å². The van der Waals surface area contributed by atoms with Crippen LogP contribution in [0.1, 0.15) is 24.8 Å². The molecule has 1 unspecified atom stereocenters. The van der Waals surface area contributed by atoms with Gasteiger partial charge in [-0.2, -0.15) is 0 Å². The molecule has 134 valence electrons. The molecule has 2 aliphatic heterocycles. The van der Waals surface area contributed by atoms with E-state index < -0.39 is 0 Å². The average Bonchev–Trinajstić information content (AvgIpc) is 2.61. The standard InChI is InChI=1S/C20H33N3O/c1-21-11-9-20(10-12-21,18-6-4-3-5-7-18)17-23-14-13-22(2)19(16-23)8-15-24/h3-7,19,24H,8-17H2,1-2H3. The minimum atomic E-state index is 0.285. The molecule has 2 heterocycles. The third-order valence-corrected chi connectivity index (χ3v) is 6.18. The Morgan fingerprint density at radius 1 is 1.04 bits per heavy atom. The van der Waals surface area contributed by atoms with E-state index in [9.17, 15) is 5.11 Å². The Labute approximate surface area is 147 Å². The molecule has 1 aromatic carbocycles. The van der Waals surface area contributed by atoms with Gasteiger partial charge in [-0.1, -0.05) is 30.3 Å². The van der Waals surface area contributed by atoms with E-state index in [1.807, 2.05) is 0 Å². The second kappa shape index (κ2) is 7.96. The molecule has 1 atom stereocenters. The van der Waals surface area contributed by atoms with E-state index in [1.165, 1.54) is 31.5 Å². The van der Waals surface area contributed by atoms with Gasteiger partial charge in [0, 0.05) is 44.2 Å². The maximum absolute atomic E-state index is 9.35. The highest BCUT2D eigenvalue weighted by Crippen LogP contribution is 2.36. The largest absolute Gasteiger partial charge is 0.396 e. The van der Waals surface area contributed by atoms with Crippen molar-refractivity contribution in [3.8, 4) is 0 Å². The van der Waals surface area contributed by atoms with Crippen LogP contribution in [0.15, 0.2) is 30.3 Å². The van der Waals surface area contributed by atoms with Crippen LogP contribution in [0, 0.1) is 0 Å². The zero-order valence-corrected chi connectivity index (χ0v) is 15.3. The fourth-order valence-corrected chi connectivity index (χ4v) is 4.42. The first-order valence-corrected chi connectivity index (χ1v) is 9.40. The van der Waals surface area contributed by atoms with E-state index in [0.29, 0.717) is 6.04 Å². The molecule has 0 amide bonds. The third-order valence-electron chi connectivity index (χ3n) is 6.18. The Morgan fingerprint density at radius 3 is 2.42 bits per heavy atom. The Hall–Kier alpha value is -0.940. The number of likely N-dealkylation sites (tertiary alicyclic amines) is 1. The van der Waals surface area contributed by atoms with Crippen LogP contribution in [0.2, 0.25) is 0 Å². The van der Waals surface area contributed by atoms with Gasteiger partial charge in [-0.05, 0) is 52.0 Å². The average molecular weight is 332 g/mol. The maximum Gasteiger partial charge on any atom is 0.0446 e. The third kappa shape index (κ3) is 3.99. The van der Waals surface area contributed by atoms with Crippen molar-refractivity contribution in [2.24, 2.45) is 0 Å². The van der Waals surface area contributed by atoms with E-state index in [4.69, 9.17) is 0 Å². The second-order valence-corrected chi connectivity index (χ2v) is 7.83. The van der Waals surface area contributed by atoms with Crippen LogP contribution in [0.25, 0.3) is 0 Å². The molecule has 0 aromatic heterocycles. The first-order valence-electron chi connectivity index (χ1n) is 9.40. The number of piperazine rings is 1. The molecule has 0 saturated carbocycles. The van der Waals surface area contributed by atoms with Crippen LogP contribution in [0.5, 0.6) is 0 Å². The normalized spacial score (nSPS) is 26.5. The lowest BCUT2D eigenvalue weighted by Gasteiger charge is -2.47. The molecule has 1 N–H and O–H groups in total. The summed E-state index contributed by atoms with van der Waals surface area (Å²) in [6.07, 6.45) is 3.36. The predicted octanol–water partition coefficient (Wildman–Crippen LogP) is 1.65. The number of benzene rings is 1. The van der Waals surface area contributed by atoms with Crippen LogP contribution in [-0.4, -0.2) is 85.8 Å². The van der Waals surface area contributed by atoms with Gasteiger partial charge in [0.1, 0.15) is 0 Å². The summed E-state index contributed by atoms with van der Waals surface area (Å²) in [6.45, 7) is 7.14. The van der Waals surface area contributed by atoms with Gasteiger partial charge in [0.25, 0.3) is 0 Å². The van der Waals surface area contributed by atoms with E-state index in [2.05, 4.69) is 59.1 Å². The molecule has 24 heavy (non-hydrogen) atoms. The number of piperidine rings is 1. The monoisotopic (exact) mass is 331 g/mol. The van der Waals surface area contributed by atoms with Gasteiger partial charge in [0.2, 0.25) is 0 Å². The molecule has 2 saturated heterocycles. The second-order valence-electron chi connectivity index (χ2n) is 7.83. The molecular weight excluding hydrogens is 298 g/mol. The SMILES string of the molecule is CN1CCC(CN2CCN(C)C(CCO)C2)(c2ccccc2)CC1. The van der Waals surface area contributed by atoms with Crippen LogP contribution >= 0.6 is 0 Å². The van der Waals surface area contributed by atoms with E-state index in [-0.39, 0.29) is 12.0 Å². The van der Waals surface area contributed by atoms with Crippen molar-refractivity contribution >= 4 is 0 Å². The molecule has 0 radical (unpaired) electrons. The number of hydrogen-bond donors (Lipinski definition) is 1. The number of rotatable bonds is 5. The molecule has 0 aliphatic carbocycles. The molecular formula is C20H33N3O. The predicted molar refractivity (Wildman–Crippen MR) is 99.4 cm³/mol. The summed E-state index contributed by atoms with van der Waals surface area (Å²) in [6, 6.07) is 11.6. The summed E-state index contributed by atoms with van der Waals surface area (Å²) in [5.41, 5.74) is 1.80. The van der Waals surface area contributed by atoms with Crippen LogP contribution in [-0.2, 0) is 5.41 Å². The van der Waals surface area contributed by atoms with E-state index in [1.54, 1.807) is 0 Å². The van der Waals surface area contributed by atoms with Crippen LogP contribution < -0.4 is 0 Å². The lowest BCUT2D eigenvalue weighted by atomic mass is 9.72. The number of aliphatic hydroxyl groups excluding tert-OH is 1. The minimum absolute atomic E-state index is 0.285. The Kier molecular flexibility index (Phi) is 5.93. The lowest BCUT2D eigenvalue weighted by molar-refractivity contribution is 0.0501. The molecule has 2 fully saturated rings. The summed E-state index contributed by atoms with van der Waals surface area (Å²) in [5.74, 6) is 0. The number of hydrogen-bond acceptors (Lipinski definition) is 4. The van der Waals surface area contributed by atoms with E-state index in [0.717, 1.165) is 32.6 Å². The molecule has 3 rings (SSSR count). The smallest absolute Gasteiger partial charge is 0.0446 e. The van der Waals surface area contributed by atoms with Gasteiger partial charge in [-0.3, -0.25) is 4.90 Å². The fourth-order valence-electron chi connectivity index (χ4n) is 4.42. The zero-order valence-electron chi connectivity index (χ0n) is 15.3. The Bertz CT molecular complexity index is 499. The number of aliphatic hydroxyl groups is 1. The molecule has 2 aliphatic rings. The van der Waals surface area contributed by atoms with Crippen molar-refractivity contribution in [2.75, 3.05) is 60.0 Å². The summed E-state index contributed by atoms with van der Waals surface area (Å²) in [7, 11) is 4.43. The highest BCUT2D eigenvalue weighted by atomic mass is 16.3. The van der Waals surface area contributed by atoms with Crippen molar-refractivity contribution in [2.45, 2.75) is 30.7 Å². The van der Waals surface area contributed by atoms with Gasteiger partial charge in [0.15, 0.2) is 0 Å². The topological polar surface area (TPSA) is 30.0 Å². The number of likely N-dealkylation sites (N-methyl/N-ethyl adjacent to an activating group) is 1. The van der Waals surface area contributed by atoms with Gasteiger partial charge >= 0.3 is 0 Å². The van der Waals surface area contributed by atoms with Crippen LogP contribution in [0.3, 0.4) is 0 Å². The zero-order chi connectivity index (χ0) is 17.0. The first-order chi connectivity index (χ1) is 11.6. The molecule has 0 bridgehead atoms. The fraction of sp³-hybridized carbons (Fsp3) is 0.700. The van der Waals surface area contributed by atoms with Crippen molar-refractivity contribution in [1.29, 1.82) is 0 Å². The van der Waals surface area contributed by atoms with Gasteiger partial charge in [0.05, 0.1) is 0 Å². The van der Waals surface area contributed by atoms with Gasteiger partial charge in [-0.15, -0.1) is 0 Å². The molecule has 1 aromatic rings. The summed E-state index contributed by atoms with van der Waals surface area (Å²) >= 11 is 0. The highest BCUT2D eigenvalue weighted by Gasteiger charge is 2.38. The highest BCUT2D eigenvalue weighted by molar-refractivity contribution is 5.27. The summed E-state index contributed by atoms with van der Waals surface area (Å²) < 4.78 is 0. The molecule has 4 nitrogen and oxygen atoms in total. The van der Waals surface area contributed by atoms with E-state index >= 15 is 0 Å². The van der Waals surface area contributed by atoms with Crippen molar-refractivity contribution < 1.29 is 5.11 Å². The maximum atomic E-state index is 9.35. The lowest BCUT2D eigenvalue weighted by Crippen LogP contribution is -2.56. The quantitative estimate of drug-likeness (QED) is 0.889. The van der Waals surface area contributed by atoms with Gasteiger partial charge < -0.3 is 14.9 Å². The summed E-state index contributed by atoms with van der Waals surface area (Å²) in [5, 5.41) is 9.35. The summed E-state index contributed by atoms with van der Waals surface area (Å²) in [4.78, 5) is 7.52. The minimum Gasteiger partial charge on any atom is -0.396 e. The molecule has 4 heteroatoms. The van der Waals surface area contributed by atoms with Crippen LogP contribution in [0.4, 0.5) is 0 Å². The molecule has 0 spiro atoms.